The van der Waals surface area contributed by atoms with Gasteiger partial charge >= 0.3 is 5.97 Å². The minimum Gasteiger partial charge on any atom is -0.508 e. The van der Waals surface area contributed by atoms with Gasteiger partial charge in [0.05, 0.1) is 4.88 Å². The number of benzene rings is 3. The third-order valence-corrected chi connectivity index (χ3v) is 7.17. The zero-order valence-electron chi connectivity index (χ0n) is 18.6. The number of carbonyl (C=O) groups is 1. The summed E-state index contributed by atoms with van der Waals surface area (Å²) in [5, 5.41) is 19.9. The van der Waals surface area contributed by atoms with E-state index in [1.165, 1.54) is 18.4 Å². The van der Waals surface area contributed by atoms with E-state index in [4.69, 9.17) is 9.84 Å². The molecule has 5 rings (SSSR count). The Hall–Kier alpha value is -3.61. The molecule has 1 aliphatic heterocycles. The van der Waals surface area contributed by atoms with Gasteiger partial charge in [0.25, 0.3) is 0 Å². The van der Waals surface area contributed by atoms with Crippen LogP contribution in [0.5, 0.6) is 17.2 Å². The summed E-state index contributed by atoms with van der Waals surface area (Å²) >= 11 is 1.62. The van der Waals surface area contributed by atoms with Gasteiger partial charge in [-0.1, -0.05) is 36.4 Å². The van der Waals surface area contributed by atoms with Crippen molar-refractivity contribution in [2.24, 2.45) is 0 Å². The van der Waals surface area contributed by atoms with Crippen molar-refractivity contribution in [3.63, 3.8) is 0 Å². The first-order chi connectivity index (χ1) is 16.6. The molecule has 3 aromatic carbocycles. The first-order valence-electron chi connectivity index (χ1n) is 11.3. The van der Waals surface area contributed by atoms with E-state index in [0.29, 0.717) is 5.75 Å². The van der Waals surface area contributed by atoms with Crippen molar-refractivity contribution in [3.8, 4) is 27.7 Å². The molecule has 1 aliphatic rings. The quantitative estimate of drug-likeness (QED) is 0.291. The van der Waals surface area contributed by atoms with Crippen LogP contribution in [0.4, 0.5) is 0 Å². The van der Waals surface area contributed by atoms with Crippen LogP contribution in [-0.4, -0.2) is 34.2 Å². The van der Waals surface area contributed by atoms with Crippen LogP contribution in [0.25, 0.3) is 26.6 Å². The van der Waals surface area contributed by atoms with Crippen molar-refractivity contribution in [1.82, 2.24) is 4.90 Å². The van der Waals surface area contributed by atoms with Crippen LogP contribution in [0.15, 0.2) is 72.8 Å². The molecule has 0 saturated carbocycles. The minimum atomic E-state index is -0.981. The van der Waals surface area contributed by atoms with Gasteiger partial charge < -0.3 is 14.9 Å². The number of carboxylic acid groups (broad SMARTS) is 1. The van der Waals surface area contributed by atoms with Gasteiger partial charge in [0.1, 0.15) is 11.5 Å². The maximum Gasteiger partial charge on any atom is 0.328 e. The maximum absolute atomic E-state index is 10.8. The summed E-state index contributed by atoms with van der Waals surface area (Å²) in [5.74, 6) is 0.679. The molecule has 0 amide bonds. The number of rotatable bonds is 7. The molecule has 34 heavy (non-hydrogen) atoms. The third-order valence-electron chi connectivity index (χ3n) is 6.00. The lowest BCUT2D eigenvalue weighted by molar-refractivity contribution is -0.131. The monoisotopic (exact) mass is 471 g/mol. The van der Waals surface area contributed by atoms with Crippen molar-refractivity contribution < 1.29 is 19.7 Å². The van der Waals surface area contributed by atoms with Crippen LogP contribution >= 0.6 is 11.3 Å². The van der Waals surface area contributed by atoms with Crippen molar-refractivity contribution in [1.29, 1.82) is 0 Å². The van der Waals surface area contributed by atoms with E-state index in [2.05, 4.69) is 29.2 Å². The molecule has 5 nitrogen and oxygen atoms in total. The van der Waals surface area contributed by atoms with Gasteiger partial charge in [-0.15, -0.1) is 11.3 Å². The van der Waals surface area contributed by atoms with Crippen LogP contribution in [0, 0.1) is 0 Å². The largest absolute Gasteiger partial charge is 0.508 e. The van der Waals surface area contributed by atoms with E-state index >= 15 is 0 Å². The van der Waals surface area contributed by atoms with Gasteiger partial charge in [-0.05, 0) is 79.0 Å². The molecular formula is C28H25NO4S. The molecule has 1 fully saturated rings. The summed E-state index contributed by atoms with van der Waals surface area (Å²) in [6.45, 7) is 3.15. The Morgan fingerprint density at radius 2 is 1.79 bits per heavy atom. The number of ether oxygens (including phenoxy) is 1. The SMILES string of the molecule is O=C(O)C=Cc1ccc(Oc2c(-c3ccccc3CN3CCCC3)sc3cc(O)ccc23)cc1. The number of phenolic OH excluding ortho intramolecular Hbond substituents is 1. The number of phenols is 1. The molecule has 4 aromatic rings. The molecule has 6 heteroatoms. The van der Waals surface area contributed by atoms with Crippen molar-refractivity contribution in [2.45, 2.75) is 19.4 Å². The highest BCUT2D eigenvalue weighted by atomic mass is 32.1. The molecule has 2 N–H and O–H groups in total. The molecule has 0 atom stereocenters. The second-order valence-corrected chi connectivity index (χ2v) is 9.48. The second kappa shape index (κ2) is 9.71. The average molecular weight is 472 g/mol. The number of nitrogens with zero attached hydrogens (tertiary/aromatic N) is 1. The number of thiophene rings is 1. The highest BCUT2D eigenvalue weighted by Crippen LogP contribution is 2.48. The molecule has 1 aromatic heterocycles. The van der Waals surface area contributed by atoms with Gasteiger partial charge in [0, 0.05) is 22.7 Å². The molecule has 0 bridgehead atoms. The van der Waals surface area contributed by atoms with E-state index in [-0.39, 0.29) is 5.75 Å². The number of hydrogen-bond acceptors (Lipinski definition) is 5. The van der Waals surface area contributed by atoms with Crippen LogP contribution in [-0.2, 0) is 11.3 Å². The molecule has 0 aliphatic carbocycles. The number of aromatic hydroxyl groups is 1. The molecule has 1 saturated heterocycles. The lowest BCUT2D eigenvalue weighted by atomic mass is 10.0. The summed E-state index contributed by atoms with van der Waals surface area (Å²) in [4.78, 5) is 14.3. The highest BCUT2D eigenvalue weighted by Gasteiger charge is 2.21. The topological polar surface area (TPSA) is 70.0 Å². The van der Waals surface area contributed by atoms with Gasteiger partial charge in [0.15, 0.2) is 5.75 Å². The Labute approximate surface area is 202 Å². The summed E-state index contributed by atoms with van der Waals surface area (Å²) in [7, 11) is 0. The van der Waals surface area contributed by atoms with Crippen molar-refractivity contribution >= 4 is 33.5 Å². The Balaban J connectivity index is 1.54. The van der Waals surface area contributed by atoms with Gasteiger partial charge in [-0.2, -0.15) is 0 Å². The normalized spacial score (nSPS) is 14.2. The molecule has 0 unspecified atom stereocenters. The molecular weight excluding hydrogens is 446 g/mol. The lowest BCUT2D eigenvalue weighted by Crippen LogP contribution is -2.18. The molecule has 0 radical (unpaired) electrons. The van der Waals surface area contributed by atoms with Gasteiger partial charge in [0.2, 0.25) is 0 Å². The Morgan fingerprint density at radius 1 is 1.03 bits per heavy atom. The molecule has 2 heterocycles. The van der Waals surface area contributed by atoms with Crippen molar-refractivity contribution in [3.05, 3.63) is 83.9 Å². The Kier molecular flexibility index (Phi) is 6.34. The smallest absolute Gasteiger partial charge is 0.328 e. The van der Waals surface area contributed by atoms with Crippen LogP contribution in [0.1, 0.15) is 24.0 Å². The number of hydrogen-bond donors (Lipinski definition) is 2. The highest BCUT2D eigenvalue weighted by molar-refractivity contribution is 7.22. The summed E-state index contributed by atoms with van der Waals surface area (Å²) in [6, 6.07) is 21.2. The van der Waals surface area contributed by atoms with E-state index in [9.17, 15) is 9.90 Å². The predicted molar refractivity (Wildman–Crippen MR) is 137 cm³/mol. The van der Waals surface area contributed by atoms with E-state index in [1.807, 2.05) is 30.3 Å². The lowest BCUT2D eigenvalue weighted by Gasteiger charge is -2.18. The molecule has 0 spiro atoms. The second-order valence-electron chi connectivity index (χ2n) is 8.42. The van der Waals surface area contributed by atoms with Gasteiger partial charge in [-0.25, -0.2) is 4.79 Å². The third kappa shape index (κ3) is 4.83. The number of aliphatic carboxylic acids is 1. The van der Waals surface area contributed by atoms with Crippen LogP contribution in [0.3, 0.4) is 0 Å². The van der Waals surface area contributed by atoms with E-state index < -0.39 is 5.97 Å². The van der Waals surface area contributed by atoms with Crippen molar-refractivity contribution in [2.75, 3.05) is 13.1 Å². The fourth-order valence-corrected chi connectivity index (χ4v) is 5.56. The first-order valence-corrected chi connectivity index (χ1v) is 12.1. The van der Waals surface area contributed by atoms with E-state index in [0.717, 1.165) is 57.5 Å². The van der Waals surface area contributed by atoms with E-state index in [1.54, 1.807) is 29.5 Å². The zero-order chi connectivity index (χ0) is 23.5. The summed E-state index contributed by atoms with van der Waals surface area (Å²) < 4.78 is 7.40. The number of fused-ring (bicyclic) bond motifs is 1. The maximum atomic E-state index is 10.8. The summed E-state index contributed by atoms with van der Waals surface area (Å²) in [6.07, 6.45) is 5.16. The first kappa shape index (κ1) is 22.2. The Morgan fingerprint density at radius 3 is 2.56 bits per heavy atom. The number of carboxylic acids is 1. The fourth-order valence-electron chi connectivity index (χ4n) is 4.33. The molecule has 172 valence electrons. The standard InChI is InChI=1S/C28H25NO4S/c30-21-10-13-24-25(17-21)34-28(23-6-2-1-5-20(23)18-29-15-3-4-16-29)27(24)33-22-11-7-19(8-12-22)9-14-26(31)32/h1-2,5-14,17,30H,3-4,15-16,18H2,(H,31,32). The summed E-state index contributed by atoms with van der Waals surface area (Å²) in [5.41, 5.74) is 3.19. The minimum absolute atomic E-state index is 0.228. The fraction of sp³-hybridized carbons (Fsp3) is 0.179. The zero-order valence-corrected chi connectivity index (χ0v) is 19.4. The van der Waals surface area contributed by atoms with Crippen LogP contribution < -0.4 is 4.74 Å². The number of likely N-dealkylation sites (tertiary alicyclic amines) is 1. The predicted octanol–water partition coefficient (Wildman–Crippen LogP) is 6.76. The van der Waals surface area contributed by atoms with Gasteiger partial charge in [-0.3, -0.25) is 4.90 Å². The average Bonchev–Trinajstić information content (AvgIpc) is 3.47. The van der Waals surface area contributed by atoms with Crippen LogP contribution in [0.2, 0.25) is 0 Å². The Bertz CT molecular complexity index is 1350.